The molecule has 0 bridgehead atoms. The largest absolute Gasteiger partial charge is 0.305 e. The molecule has 0 saturated carbocycles. The predicted octanol–water partition coefficient (Wildman–Crippen LogP) is 2.18. The highest BCUT2D eigenvalue weighted by atomic mass is 32.2. The molecular formula is C10H7NO2S. The van der Waals surface area contributed by atoms with Crippen LogP contribution in [0.2, 0.25) is 0 Å². The number of Topliss-reactive ketones (excluding diaryl/α,β-unsaturated/α-hetero) is 1. The summed E-state index contributed by atoms with van der Waals surface area (Å²) in [6.45, 7) is 0. The number of amides is 1. The van der Waals surface area contributed by atoms with Crippen LogP contribution in [0.15, 0.2) is 35.3 Å². The van der Waals surface area contributed by atoms with E-state index < -0.39 is 0 Å². The highest BCUT2D eigenvalue weighted by Gasteiger charge is 2.21. The Hall–Kier alpha value is -1.42. The van der Waals surface area contributed by atoms with Crippen LogP contribution in [0.5, 0.6) is 0 Å². The van der Waals surface area contributed by atoms with Crippen LogP contribution in [0.1, 0.15) is 10.4 Å². The SMILES string of the molecule is O=C1N=C(C(=O)c2ccccc2)CS1. The summed E-state index contributed by atoms with van der Waals surface area (Å²) in [4.78, 5) is 26.2. The van der Waals surface area contributed by atoms with Gasteiger partial charge in [-0.25, -0.2) is 4.99 Å². The Kier molecular flexibility index (Phi) is 2.45. The second kappa shape index (κ2) is 3.75. The maximum Gasteiger partial charge on any atom is 0.305 e. The van der Waals surface area contributed by atoms with Crippen molar-refractivity contribution in [2.24, 2.45) is 4.99 Å². The van der Waals surface area contributed by atoms with Crippen molar-refractivity contribution in [2.75, 3.05) is 5.75 Å². The lowest BCUT2D eigenvalue weighted by atomic mass is 10.1. The third-order valence-corrected chi connectivity index (χ3v) is 2.61. The van der Waals surface area contributed by atoms with Crippen LogP contribution in [0.4, 0.5) is 4.79 Å². The molecule has 1 amide bonds. The van der Waals surface area contributed by atoms with Gasteiger partial charge in [-0.1, -0.05) is 42.1 Å². The summed E-state index contributed by atoms with van der Waals surface area (Å²) >= 11 is 1.06. The smallest absolute Gasteiger partial charge is 0.287 e. The van der Waals surface area contributed by atoms with E-state index in [2.05, 4.69) is 4.99 Å². The Bertz CT molecular complexity index is 411. The number of hydrogen-bond acceptors (Lipinski definition) is 3. The number of hydrogen-bond donors (Lipinski definition) is 0. The molecule has 0 fully saturated rings. The van der Waals surface area contributed by atoms with Gasteiger partial charge in [-0.15, -0.1) is 0 Å². The maximum atomic E-state index is 11.7. The van der Waals surface area contributed by atoms with Crippen molar-refractivity contribution in [1.29, 1.82) is 0 Å². The fourth-order valence-corrected chi connectivity index (χ4v) is 1.81. The van der Waals surface area contributed by atoms with Crippen LogP contribution in [-0.2, 0) is 0 Å². The topological polar surface area (TPSA) is 46.5 Å². The first-order chi connectivity index (χ1) is 6.77. The van der Waals surface area contributed by atoms with E-state index >= 15 is 0 Å². The monoisotopic (exact) mass is 205 g/mol. The Morgan fingerprint density at radius 3 is 2.57 bits per heavy atom. The van der Waals surface area contributed by atoms with Crippen molar-refractivity contribution >= 4 is 28.5 Å². The number of benzene rings is 1. The van der Waals surface area contributed by atoms with Crippen molar-refractivity contribution in [2.45, 2.75) is 0 Å². The second-order valence-corrected chi connectivity index (χ2v) is 3.73. The van der Waals surface area contributed by atoms with Gasteiger partial charge in [-0.2, -0.15) is 0 Å². The molecule has 0 aliphatic carbocycles. The van der Waals surface area contributed by atoms with E-state index in [1.807, 2.05) is 6.07 Å². The van der Waals surface area contributed by atoms with Gasteiger partial charge in [0, 0.05) is 11.3 Å². The van der Waals surface area contributed by atoms with Gasteiger partial charge in [-0.3, -0.25) is 9.59 Å². The molecule has 4 heteroatoms. The molecule has 1 aliphatic rings. The number of carbonyl (C=O) groups is 2. The summed E-state index contributed by atoms with van der Waals surface area (Å²) in [6.07, 6.45) is 0. The van der Waals surface area contributed by atoms with Crippen LogP contribution < -0.4 is 0 Å². The summed E-state index contributed by atoms with van der Waals surface area (Å²) in [7, 11) is 0. The molecule has 1 heterocycles. The van der Waals surface area contributed by atoms with Crippen LogP contribution in [0.3, 0.4) is 0 Å². The molecule has 0 unspecified atom stereocenters. The van der Waals surface area contributed by atoms with Crippen LogP contribution in [0, 0.1) is 0 Å². The first kappa shape index (κ1) is 9.15. The van der Waals surface area contributed by atoms with Gasteiger partial charge in [0.2, 0.25) is 5.78 Å². The zero-order valence-electron chi connectivity index (χ0n) is 7.27. The van der Waals surface area contributed by atoms with E-state index in [9.17, 15) is 9.59 Å². The standard InChI is InChI=1S/C10H7NO2S/c12-9(7-4-2-1-3-5-7)8-6-14-10(13)11-8/h1-5H,6H2. The molecular weight excluding hydrogens is 198 g/mol. The van der Waals surface area contributed by atoms with Crippen molar-refractivity contribution in [3.63, 3.8) is 0 Å². The molecule has 0 N–H and O–H groups in total. The van der Waals surface area contributed by atoms with Gasteiger partial charge in [0.25, 0.3) is 0 Å². The molecule has 3 nitrogen and oxygen atoms in total. The van der Waals surface area contributed by atoms with E-state index in [4.69, 9.17) is 0 Å². The number of thioether (sulfide) groups is 1. The molecule has 2 rings (SSSR count). The number of ketones is 1. The fraction of sp³-hybridized carbons (Fsp3) is 0.100. The van der Waals surface area contributed by atoms with Gasteiger partial charge in [0.05, 0.1) is 0 Å². The Balaban J connectivity index is 2.26. The lowest BCUT2D eigenvalue weighted by Crippen LogP contribution is -2.14. The van der Waals surface area contributed by atoms with E-state index in [1.165, 1.54) is 0 Å². The zero-order valence-corrected chi connectivity index (χ0v) is 8.08. The average molecular weight is 205 g/mol. The molecule has 70 valence electrons. The Morgan fingerprint density at radius 2 is 2.00 bits per heavy atom. The summed E-state index contributed by atoms with van der Waals surface area (Å²) in [6, 6.07) is 8.86. The van der Waals surface area contributed by atoms with Crippen molar-refractivity contribution in [3.05, 3.63) is 35.9 Å². The molecule has 14 heavy (non-hydrogen) atoms. The number of carbonyl (C=O) groups excluding carboxylic acids is 2. The van der Waals surface area contributed by atoms with Gasteiger partial charge < -0.3 is 0 Å². The van der Waals surface area contributed by atoms with Gasteiger partial charge >= 0.3 is 5.24 Å². The quantitative estimate of drug-likeness (QED) is 0.695. The first-order valence-electron chi connectivity index (χ1n) is 4.11. The van der Waals surface area contributed by atoms with Crippen molar-refractivity contribution < 1.29 is 9.59 Å². The molecule has 0 radical (unpaired) electrons. The summed E-state index contributed by atoms with van der Waals surface area (Å²) in [5.74, 6) is 0.246. The van der Waals surface area contributed by atoms with Gasteiger partial charge in [-0.05, 0) is 0 Å². The van der Waals surface area contributed by atoms with Crippen LogP contribution in [0.25, 0.3) is 0 Å². The van der Waals surface area contributed by atoms with Crippen LogP contribution >= 0.6 is 11.8 Å². The highest BCUT2D eigenvalue weighted by Crippen LogP contribution is 2.16. The van der Waals surface area contributed by atoms with Crippen molar-refractivity contribution in [1.82, 2.24) is 0 Å². The number of aliphatic imine (C=N–C) groups is 1. The summed E-state index contributed by atoms with van der Waals surface area (Å²) in [5.41, 5.74) is 0.938. The normalized spacial score (nSPS) is 15.4. The van der Waals surface area contributed by atoms with E-state index in [-0.39, 0.29) is 11.0 Å². The average Bonchev–Trinajstić information content (AvgIpc) is 2.65. The minimum atomic E-state index is -0.274. The summed E-state index contributed by atoms with van der Waals surface area (Å²) < 4.78 is 0. The number of rotatable bonds is 2. The molecule has 0 saturated heterocycles. The van der Waals surface area contributed by atoms with E-state index in [1.54, 1.807) is 24.3 Å². The Morgan fingerprint density at radius 1 is 1.29 bits per heavy atom. The molecule has 1 aliphatic heterocycles. The molecule has 0 spiro atoms. The number of nitrogens with zero attached hydrogens (tertiary/aromatic N) is 1. The van der Waals surface area contributed by atoms with Gasteiger partial charge in [0.1, 0.15) is 5.71 Å². The lowest BCUT2D eigenvalue weighted by molar-refractivity contribution is 0.106. The molecule has 1 aromatic rings. The highest BCUT2D eigenvalue weighted by molar-refractivity contribution is 8.14. The third kappa shape index (κ3) is 1.75. The third-order valence-electron chi connectivity index (χ3n) is 1.86. The van der Waals surface area contributed by atoms with E-state index in [0.29, 0.717) is 17.0 Å². The van der Waals surface area contributed by atoms with Gasteiger partial charge in [0.15, 0.2) is 0 Å². The minimum Gasteiger partial charge on any atom is -0.287 e. The second-order valence-electron chi connectivity index (χ2n) is 2.81. The minimum absolute atomic E-state index is 0.149. The van der Waals surface area contributed by atoms with Crippen molar-refractivity contribution in [3.8, 4) is 0 Å². The summed E-state index contributed by atoms with van der Waals surface area (Å²) in [5, 5.41) is -0.274. The van der Waals surface area contributed by atoms with E-state index in [0.717, 1.165) is 11.8 Å². The Labute approximate surface area is 85.2 Å². The van der Waals surface area contributed by atoms with Crippen LogP contribution in [-0.4, -0.2) is 22.5 Å². The molecule has 0 aromatic heterocycles. The molecule has 1 aromatic carbocycles. The first-order valence-corrected chi connectivity index (χ1v) is 5.10. The predicted molar refractivity (Wildman–Crippen MR) is 56.1 cm³/mol. The maximum absolute atomic E-state index is 11.7. The zero-order chi connectivity index (χ0) is 9.97. The molecule has 0 atom stereocenters. The lowest BCUT2D eigenvalue weighted by Gasteiger charge is -1.97. The fourth-order valence-electron chi connectivity index (χ4n) is 1.18.